The Kier molecular flexibility index (Phi) is 16.6. The normalized spacial score (nSPS) is 15.2. The first-order valence-corrected chi connectivity index (χ1v) is 9.45. The highest BCUT2D eigenvalue weighted by Gasteiger charge is 2.00. The Morgan fingerprint density at radius 2 is 1.54 bits per heavy atom. The van der Waals surface area contributed by atoms with E-state index in [1.165, 1.54) is 0 Å². The number of carbonyl (C=O) groups is 1. The van der Waals surface area contributed by atoms with Crippen molar-refractivity contribution in [2.24, 2.45) is 0 Å². The Balaban J connectivity index is 3.80. The van der Waals surface area contributed by atoms with Crippen LogP contribution in [0.5, 0.6) is 0 Å². The molecule has 0 aromatic heterocycles. The van der Waals surface area contributed by atoms with Crippen LogP contribution in [0.1, 0.15) is 58.3 Å². The second-order valence-corrected chi connectivity index (χ2v) is 6.10. The number of carboxylic acids is 1. The van der Waals surface area contributed by atoms with Gasteiger partial charge in [-0.05, 0) is 32.1 Å². The summed E-state index contributed by atoms with van der Waals surface area (Å²) in [5.74, 6) is -0.771. The first-order chi connectivity index (χ1) is 12.6. The van der Waals surface area contributed by atoms with Crippen LogP contribution in [0.25, 0.3) is 0 Å². The van der Waals surface area contributed by atoms with Crippen molar-refractivity contribution in [2.45, 2.75) is 70.5 Å². The summed E-state index contributed by atoms with van der Waals surface area (Å²) < 4.78 is 0. The van der Waals surface area contributed by atoms with Gasteiger partial charge in [0.05, 0.1) is 12.2 Å². The number of aliphatic hydroxyl groups is 2. The number of rotatable bonds is 15. The maximum Gasteiger partial charge on any atom is 0.303 e. The molecule has 0 aliphatic rings. The topological polar surface area (TPSA) is 77.8 Å². The van der Waals surface area contributed by atoms with Crippen LogP contribution in [0.15, 0.2) is 60.8 Å². The third kappa shape index (κ3) is 18.4. The number of unbranched alkanes of at least 4 members (excludes halogenated alkanes) is 2. The predicted molar refractivity (Wildman–Crippen MR) is 108 cm³/mol. The third-order valence-electron chi connectivity index (χ3n) is 3.60. The first kappa shape index (κ1) is 24.1. The van der Waals surface area contributed by atoms with E-state index in [-0.39, 0.29) is 6.42 Å². The summed E-state index contributed by atoms with van der Waals surface area (Å²) in [6.45, 7) is 2.10. The van der Waals surface area contributed by atoms with Crippen LogP contribution >= 0.6 is 0 Å². The van der Waals surface area contributed by atoms with Crippen LogP contribution in [-0.4, -0.2) is 33.5 Å². The fourth-order valence-electron chi connectivity index (χ4n) is 2.16. The summed E-state index contributed by atoms with van der Waals surface area (Å²) in [6, 6.07) is 0. The lowest BCUT2D eigenvalue weighted by Gasteiger charge is -2.04. The fraction of sp³-hybridized carbons (Fsp3) is 0.500. The quantitative estimate of drug-likeness (QED) is 0.224. The molecule has 4 heteroatoms. The van der Waals surface area contributed by atoms with Gasteiger partial charge in [0.1, 0.15) is 0 Å². The van der Waals surface area contributed by atoms with Gasteiger partial charge < -0.3 is 15.3 Å². The number of hydrogen-bond donors (Lipinski definition) is 3. The Bertz CT molecular complexity index is 486. The molecule has 0 aromatic rings. The molecule has 0 rings (SSSR count). The average Bonchev–Trinajstić information content (AvgIpc) is 2.60. The molecule has 0 aliphatic carbocycles. The molecule has 0 amide bonds. The van der Waals surface area contributed by atoms with Crippen LogP contribution in [0.3, 0.4) is 0 Å². The fourth-order valence-corrected chi connectivity index (χ4v) is 2.16. The van der Waals surface area contributed by atoms with Gasteiger partial charge in [0, 0.05) is 6.42 Å². The van der Waals surface area contributed by atoms with Crippen molar-refractivity contribution >= 4 is 5.97 Å². The van der Waals surface area contributed by atoms with Crippen LogP contribution in [-0.2, 0) is 4.79 Å². The van der Waals surface area contributed by atoms with Crippen molar-refractivity contribution in [1.29, 1.82) is 0 Å². The van der Waals surface area contributed by atoms with Crippen LogP contribution in [0, 0.1) is 0 Å². The number of allylic oxidation sites excluding steroid dienone is 7. The van der Waals surface area contributed by atoms with Gasteiger partial charge >= 0.3 is 5.97 Å². The molecule has 3 N–H and O–H groups in total. The molecular weight excluding hydrogens is 328 g/mol. The summed E-state index contributed by atoms with van der Waals surface area (Å²) in [7, 11) is 0. The zero-order valence-electron chi connectivity index (χ0n) is 15.8. The maximum atomic E-state index is 10.4. The Morgan fingerprint density at radius 1 is 0.846 bits per heavy atom. The maximum absolute atomic E-state index is 10.4. The predicted octanol–water partition coefficient (Wildman–Crippen LogP) is 4.71. The van der Waals surface area contributed by atoms with Gasteiger partial charge in [-0.2, -0.15) is 0 Å². The SMILES string of the molecule is CC/C=C\C/C=C\C=C\[C@H](O)C/C=C\C=C\[C@@H](O)CCCCCC(=O)O. The first-order valence-electron chi connectivity index (χ1n) is 9.45. The van der Waals surface area contributed by atoms with Crippen LogP contribution < -0.4 is 0 Å². The van der Waals surface area contributed by atoms with E-state index in [2.05, 4.69) is 19.1 Å². The number of carboxylic acid groups (broad SMARTS) is 1. The Hall–Kier alpha value is -1.91. The molecule has 0 bridgehead atoms. The summed E-state index contributed by atoms with van der Waals surface area (Å²) in [4.78, 5) is 10.4. The van der Waals surface area contributed by atoms with Crippen molar-refractivity contribution in [2.75, 3.05) is 0 Å². The molecular formula is C22H34O4. The standard InChI is InChI=1S/C22H34O4/c1-2-3-4-5-6-7-10-15-20(23)16-11-8-12-17-21(24)18-13-9-14-19-22(25)26/h3-4,6-8,10-12,15,17,20-21,23-24H,2,5,9,13-14,16,18-19H2,1H3,(H,25,26)/b4-3-,7-6-,11-8-,15-10+,17-12+/t20-,21+/m0/s1. The summed E-state index contributed by atoms with van der Waals surface area (Å²) in [5, 5.41) is 28.1. The van der Waals surface area contributed by atoms with Crippen LogP contribution in [0.2, 0.25) is 0 Å². The van der Waals surface area contributed by atoms with Crippen molar-refractivity contribution in [3.63, 3.8) is 0 Å². The van der Waals surface area contributed by atoms with E-state index < -0.39 is 18.2 Å². The van der Waals surface area contributed by atoms with Crippen LogP contribution in [0.4, 0.5) is 0 Å². The Morgan fingerprint density at radius 3 is 2.23 bits per heavy atom. The zero-order valence-corrected chi connectivity index (χ0v) is 15.8. The lowest BCUT2D eigenvalue weighted by Crippen LogP contribution is -2.02. The Labute approximate surface area is 157 Å². The molecule has 0 saturated heterocycles. The van der Waals surface area contributed by atoms with Gasteiger partial charge in [0.25, 0.3) is 0 Å². The van der Waals surface area contributed by atoms with Crippen molar-refractivity contribution in [1.82, 2.24) is 0 Å². The van der Waals surface area contributed by atoms with Gasteiger partial charge in [-0.1, -0.05) is 80.5 Å². The molecule has 0 aromatic carbocycles. The van der Waals surface area contributed by atoms with E-state index >= 15 is 0 Å². The minimum absolute atomic E-state index is 0.192. The molecule has 146 valence electrons. The molecule has 26 heavy (non-hydrogen) atoms. The molecule has 0 radical (unpaired) electrons. The molecule has 0 unspecified atom stereocenters. The van der Waals surface area contributed by atoms with Gasteiger partial charge in [0.15, 0.2) is 0 Å². The van der Waals surface area contributed by atoms with Crippen molar-refractivity contribution in [3.8, 4) is 0 Å². The second-order valence-electron chi connectivity index (χ2n) is 6.10. The minimum atomic E-state index is -0.771. The summed E-state index contributed by atoms with van der Waals surface area (Å²) in [5.41, 5.74) is 0. The number of hydrogen-bond acceptors (Lipinski definition) is 3. The smallest absolute Gasteiger partial charge is 0.303 e. The largest absolute Gasteiger partial charge is 0.481 e. The van der Waals surface area contributed by atoms with Crippen molar-refractivity contribution in [3.05, 3.63) is 60.8 Å². The monoisotopic (exact) mass is 362 g/mol. The minimum Gasteiger partial charge on any atom is -0.481 e. The number of aliphatic carboxylic acids is 1. The number of aliphatic hydroxyl groups excluding tert-OH is 2. The molecule has 2 atom stereocenters. The van der Waals surface area contributed by atoms with E-state index in [1.54, 1.807) is 18.2 Å². The van der Waals surface area contributed by atoms with Gasteiger partial charge in [0.2, 0.25) is 0 Å². The summed E-state index contributed by atoms with van der Waals surface area (Å²) in [6.07, 6.45) is 23.5. The van der Waals surface area contributed by atoms with E-state index in [1.807, 2.05) is 30.4 Å². The van der Waals surface area contributed by atoms with E-state index in [0.29, 0.717) is 19.3 Å². The van der Waals surface area contributed by atoms with E-state index in [9.17, 15) is 15.0 Å². The second kappa shape index (κ2) is 17.9. The highest BCUT2D eigenvalue weighted by atomic mass is 16.4. The zero-order chi connectivity index (χ0) is 19.5. The average molecular weight is 363 g/mol. The van der Waals surface area contributed by atoms with E-state index in [0.717, 1.165) is 25.7 Å². The molecule has 0 spiro atoms. The molecule has 0 saturated carbocycles. The lowest BCUT2D eigenvalue weighted by molar-refractivity contribution is -0.137. The molecule has 0 heterocycles. The molecule has 0 fully saturated rings. The third-order valence-corrected chi connectivity index (χ3v) is 3.60. The van der Waals surface area contributed by atoms with Gasteiger partial charge in [-0.15, -0.1) is 0 Å². The van der Waals surface area contributed by atoms with Gasteiger partial charge in [-0.25, -0.2) is 0 Å². The van der Waals surface area contributed by atoms with Crippen molar-refractivity contribution < 1.29 is 20.1 Å². The molecule has 0 aliphatic heterocycles. The molecule has 4 nitrogen and oxygen atoms in total. The van der Waals surface area contributed by atoms with E-state index in [4.69, 9.17) is 5.11 Å². The highest BCUT2D eigenvalue weighted by molar-refractivity contribution is 5.66. The van der Waals surface area contributed by atoms with Gasteiger partial charge in [-0.3, -0.25) is 4.79 Å². The lowest BCUT2D eigenvalue weighted by atomic mass is 10.1. The summed E-state index contributed by atoms with van der Waals surface area (Å²) >= 11 is 0. The highest BCUT2D eigenvalue weighted by Crippen LogP contribution is 2.07.